The van der Waals surface area contributed by atoms with E-state index in [4.69, 9.17) is 4.74 Å². The molecule has 126 valence electrons. The maximum atomic E-state index is 11.8. The summed E-state index contributed by atoms with van der Waals surface area (Å²) in [5, 5.41) is 9.65. The van der Waals surface area contributed by atoms with Crippen LogP contribution in [0.3, 0.4) is 0 Å². The minimum atomic E-state index is -0.930. The molecular formula is C21H24O3. The summed E-state index contributed by atoms with van der Waals surface area (Å²) < 4.78 is 5.70. The van der Waals surface area contributed by atoms with E-state index in [9.17, 15) is 9.90 Å². The van der Waals surface area contributed by atoms with E-state index in [0.717, 1.165) is 40.8 Å². The zero-order chi connectivity index (χ0) is 17.5. The van der Waals surface area contributed by atoms with Gasteiger partial charge in [-0.3, -0.25) is 0 Å². The minimum Gasteiger partial charge on any atom is -0.494 e. The van der Waals surface area contributed by atoms with Crippen LogP contribution in [0.4, 0.5) is 0 Å². The highest BCUT2D eigenvalue weighted by Gasteiger charge is 2.13. The van der Waals surface area contributed by atoms with Gasteiger partial charge in [0.2, 0.25) is 0 Å². The molecule has 24 heavy (non-hydrogen) atoms. The van der Waals surface area contributed by atoms with Crippen molar-refractivity contribution in [2.45, 2.75) is 33.6 Å². The Labute approximate surface area is 143 Å². The number of aliphatic carboxylic acids is 1. The number of carbonyl (C=O) groups is 1. The van der Waals surface area contributed by atoms with Crippen molar-refractivity contribution in [3.05, 3.63) is 64.7 Å². The Bertz CT molecular complexity index is 744. The van der Waals surface area contributed by atoms with Gasteiger partial charge in [0, 0.05) is 0 Å². The third kappa shape index (κ3) is 4.72. The molecule has 2 aromatic rings. The second-order valence-corrected chi connectivity index (χ2v) is 5.96. The summed E-state index contributed by atoms with van der Waals surface area (Å²) in [7, 11) is 0. The predicted octanol–water partition coefficient (Wildman–Crippen LogP) is 5.11. The quantitative estimate of drug-likeness (QED) is 0.437. The maximum absolute atomic E-state index is 11.8. The molecule has 0 radical (unpaired) electrons. The van der Waals surface area contributed by atoms with Crippen LogP contribution in [-0.4, -0.2) is 17.7 Å². The van der Waals surface area contributed by atoms with Crippen LogP contribution < -0.4 is 4.74 Å². The van der Waals surface area contributed by atoms with Gasteiger partial charge in [0.25, 0.3) is 0 Å². The van der Waals surface area contributed by atoms with Gasteiger partial charge in [0.15, 0.2) is 0 Å². The number of hydrogen-bond donors (Lipinski definition) is 1. The van der Waals surface area contributed by atoms with E-state index in [1.54, 1.807) is 6.08 Å². The van der Waals surface area contributed by atoms with Crippen molar-refractivity contribution in [1.82, 2.24) is 0 Å². The summed E-state index contributed by atoms with van der Waals surface area (Å²) in [5.74, 6) is -0.163. The number of benzene rings is 2. The molecule has 3 heteroatoms. The highest BCUT2D eigenvalue weighted by atomic mass is 16.5. The van der Waals surface area contributed by atoms with Crippen molar-refractivity contribution in [3.8, 4) is 5.75 Å². The Morgan fingerprint density at radius 2 is 1.96 bits per heavy atom. The summed E-state index contributed by atoms with van der Waals surface area (Å²) in [6.07, 6.45) is 3.79. The summed E-state index contributed by atoms with van der Waals surface area (Å²) in [6, 6.07) is 13.4. The molecular weight excluding hydrogens is 300 g/mol. The molecule has 0 unspecified atom stereocenters. The molecule has 3 nitrogen and oxygen atoms in total. The van der Waals surface area contributed by atoms with Gasteiger partial charge in [0.05, 0.1) is 12.2 Å². The van der Waals surface area contributed by atoms with Gasteiger partial charge in [-0.25, -0.2) is 4.79 Å². The molecule has 0 heterocycles. The van der Waals surface area contributed by atoms with E-state index in [1.807, 2.05) is 56.3 Å². The Morgan fingerprint density at radius 3 is 2.67 bits per heavy atom. The smallest absolute Gasteiger partial charge is 0.336 e. The van der Waals surface area contributed by atoms with Crippen LogP contribution >= 0.6 is 0 Å². The van der Waals surface area contributed by atoms with Crippen molar-refractivity contribution < 1.29 is 14.6 Å². The average Bonchev–Trinajstić information content (AvgIpc) is 2.55. The molecule has 0 bridgehead atoms. The summed E-state index contributed by atoms with van der Waals surface area (Å²) in [6.45, 7) is 6.68. The van der Waals surface area contributed by atoms with Crippen molar-refractivity contribution in [2.24, 2.45) is 0 Å². The molecule has 0 aliphatic heterocycles. The first-order valence-corrected chi connectivity index (χ1v) is 8.26. The molecule has 0 amide bonds. The van der Waals surface area contributed by atoms with Gasteiger partial charge in [-0.2, -0.15) is 0 Å². The SMILES string of the molecule is CCCCOc1cccc(/C=C(\C(=O)O)c2cc(C)ccc2C)c1. The number of ether oxygens (including phenoxy) is 1. The Kier molecular flexibility index (Phi) is 6.19. The highest BCUT2D eigenvalue weighted by molar-refractivity contribution is 6.21. The first kappa shape index (κ1) is 17.8. The second kappa shape index (κ2) is 8.34. The van der Waals surface area contributed by atoms with Crippen molar-refractivity contribution in [1.29, 1.82) is 0 Å². The lowest BCUT2D eigenvalue weighted by Crippen LogP contribution is -2.02. The number of rotatable bonds is 7. The highest BCUT2D eigenvalue weighted by Crippen LogP contribution is 2.25. The molecule has 0 aliphatic carbocycles. The van der Waals surface area contributed by atoms with Crippen LogP contribution in [0, 0.1) is 13.8 Å². The van der Waals surface area contributed by atoms with E-state index in [0.29, 0.717) is 12.2 Å². The van der Waals surface area contributed by atoms with E-state index in [1.165, 1.54) is 0 Å². The molecule has 0 aromatic heterocycles. The monoisotopic (exact) mass is 324 g/mol. The van der Waals surface area contributed by atoms with Crippen LogP contribution in [0.2, 0.25) is 0 Å². The fourth-order valence-electron chi connectivity index (χ4n) is 2.48. The lowest BCUT2D eigenvalue weighted by Gasteiger charge is -2.09. The second-order valence-electron chi connectivity index (χ2n) is 5.96. The molecule has 0 spiro atoms. The lowest BCUT2D eigenvalue weighted by molar-refractivity contribution is -0.130. The number of hydrogen-bond acceptors (Lipinski definition) is 2. The maximum Gasteiger partial charge on any atom is 0.336 e. The molecule has 0 saturated heterocycles. The first-order valence-electron chi connectivity index (χ1n) is 8.26. The van der Waals surface area contributed by atoms with E-state index < -0.39 is 5.97 Å². The molecule has 1 N–H and O–H groups in total. The zero-order valence-corrected chi connectivity index (χ0v) is 14.5. The number of unbranched alkanes of at least 4 members (excludes halogenated alkanes) is 1. The molecule has 0 saturated carbocycles. The van der Waals surface area contributed by atoms with E-state index in [2.05, 4.69) is 6.92 Å². The third-order valence-corrected chi connectivity index (χ3v) is 3.85. The number of carboxylic acid groups (broad SMARTS) is 1. The van der Waals surface area contributed by atoms with Gasteiger partial charge >= 0.3 is 5.97 Å². The van der Waals surface area contributed by atoms with E-state index >= 15 is 0 Å². The van der Waals surface area contributed by atoms with Crippen molar-refractivity contribution in [2.75, 3.05) is 6.61 Å². The summed E-state index contributed by atoms with van der Waals surface area (Å²) in [4.78, 5) is 11.8. The molecule has 2 aromatic carbocycles. The van der Waals surface area contributed by atoms with Gasteiger partial charge in [0.1, 0.15) is 5.75 Å². The Morgan fingerprint density at radius 1 is 1.17 bits per heavy atom. The van der Waals surface area contributed by atoms with Crippen LogP contribution in [0.15, 0.2) is 42.5 Å². The third-order valence-electron chi connectivity index (χ3n) is 3.85. The summed E-state index contributed by atoms with van der Waals surface area (Å²) in [5.41, 5.74) is 3.85. The largest absolute Gasteiger partial charge is 0.494 e. The van der Waals surface area contributed by atoms with Crippen molar-refractivity contribution in [3.63, 3.8) is 0 Å². The molecule has 0 fully saturated rings. The van der Waals surface area contributed by atoms with Crippen LogP contribution in [0.1, 0.15) is 42.0 Å². The first-order chi connectivity index (χ1) is 11.5. The van der Waals surface area contributed by atoms with Gasteiger partial charge in [-0.15, -0.1) is 0 Å². The average molecular weight is 324 g/mol. The zero-order valence-electron chi connectivity index (χ0n) is 14.5. The molecule has 2 rings (SSSR count). The molecule has 0 atom stereocenters. The topological polar surface area (TPSA) is 46.5 Å². The fraction of sp³-hybridized carbons (Fsp3) is 0.286. The Balaban J connectivity index is 2.36. The number of carboxylic acids is 1. The van der Waals surface area contributed by atoms with Gasteiger partial charge in [-0.05, 0) is 55.2 Å². The van der Waals surface area contributed by atoms with Gasteiger partial charge in [-0.1, -0.05) is 49.2 Å². The normalized spacial score (nSPS) is 11.4. The lowest BCUT2D eigenvalue weighted by atomic mass is 9.96. The standard InChI is InChI=1S/C21H24O3/c1-4-5-11-24-18-8-6-7-17(13-18)14-20(21(22)23)19-12-15(2)9-10-16(19)3/h6-10,12-14H,4-5,11H2,1-3H3,(H,22,23)/b20-14-. The number of aryl methyl sites for hydroxylation is 2. The molecule has 0 aliphatic rings. The minimum absolute atomic E-state index is 0.293. The Hall–Kier alpha value is -2.55. The fourth-order valence-corrected chi connectivity index (χ4v) is 2.48. The van der Waals surface area contributed by atoms with E-state index in [-0.39, 0.29) is 0 Å². The van der Waals surface area contributed by atoms with Crippen LogP contribution in [0.5, 0.6) is 5.75 Å². The van der Waals surface area contributed by atoms with Crippen LogP contribution in [0.25, 0.3) is 11.6 Å². The van der Waals surface area contributed by atoms with Gasteiger partial charge < -0.3 is 9.84 Å². The van der Waals surface area contributed by atoms with Crippen molar-refractivity contribution >= 4 is 17.6 Å². The summed E-state index contributed by atoms with van der Waals surface area (Å²) >= 11 is 0. The van der Waals surface area contributed by atoms with Crippen LogP contribution in [-0.2, 0) is 4.79 Å². The predicted molar refractivity (Wildman–Crippen MR) is 98.3 cm³/mol.